The largest absolute Gasteiger partial charge is 0.472 e. The van der Waals surface area contributed by atoms with E-state index in [9.17, 15) is 43.2 Å². The highest BCUT2D eigenvalue weighted by Gasteiger charge is 2.30. The number of aliphatic hydroxyl groups excluding tert-OH is 1. The maximum Gasteiger partial charge on any atom is 0.472 e. The molecule has 0 aromatic heterocycles. The second kappa shape index (κ2) is 78.3. The molecule has 0 spiro atoms. The van der Waals surface area contributed by atoms with Gasteiger partial charge in [0.2, 0.25) is 0 Å². The minimum atomic E-state index is -5.01. The van der Waals surface area contributed by atoms with Crippen LogP contribution >= 0.6 is 15.6 Å². The fourth-order valence-electron chi connectivity index (χ4n) is 10.8. The molecule has 0 aliphatic carbocycles. The van der Waals surface area contributed by atoms with Gasteiger partial charge in [-0.1, -0.05) is 309 Å². The molecular weight excluding hydrogens is 1380 g/mol. The molecule has 0 bridgehead atoms. The first kappa shape index (κ1) is 101. The third-order valence-electron chi connectivity index (χ3n) is 17.1. The van der Waals surface area contributed by atoms with Crippen LogP contribution in [0.5, 0.6) is 0 Å². The molecule has 3 N–H and O–H groups in total. The molecule has 0 saturated carbocycles. The van der Waals surface area contributed by atoms with Gasteiger partial charge < -0.3 is 33.8 Å². The van der Waals surface area contributed by atoms with Crippen molar-refractivity contribution in [2.45, 2.75) is 354 Å². The smallest absolute Gasteiger partial charge is 0.462 e. The van der Waals surface area contributed by atoms with E-state index in [2.05, 4.69) is 143 Å². The first-order valence-electron chi connectivity index (χ1n) is 41.4. The number of aliphatic hydroxyl groups is 1. The Morgan fingerprint density at radius 2 is 0.509 bits per heavy atom. The number of phosphoric acid groups is 2. The molecule has 0 radical (unpaired) electrons. The third kappa shape index (κ3) is 77.4. The van der Waals surface area contributed by atoms with E-state index >= 15 is 0 Å². The number of hydrogen-bond acceptors (Lipinski definition) is 15. The number of carbonyl (C=O) groups excluding carboxylic acids is 4. The van der Waals surface area contributed by atoms with Gasteiger partial charge in [-0.15, -0.1) is 0 Å². The number of unbranched alkanes of at least 4 members (excludes halogenated alkanes) is 29. The summed E-state index contributed by atoms with van der Waals surface area (Å²) in [6.07, 6.45) is 88.7. The molecule has 0 rings (SSSR count). The normalized spacial score (nSPS) is 14.5. The molecule has 5 atom stereocenters. The van der Waals surface area contributed by atoms with Gasteiger partial charge in [-0.2, -0.15) is 0 Å². The zero-order valence-electron chi connectivity index (χ0n) is 66.6. The molecule has 17 nitrogen and oxygen atoms in total. The first-order valence-corrected chi connectivity index (χ1v) is 44.4. The van der Waals surface area contributed by atoms with Gasteiger partial charge in [-0.05, 0) is 135 Å². The fraction of sp³-hybridized carbons (Fsp3) is 0.701. The van der Waals surface area contributed by atoms with Crippen LogP contribution in [0.25, 0.3) is 0 Å². The second-order valence-electron chi connectivity index (χ2n) is 27.3. The van der Waals surface area contributed by atoms with Crippen LogP contribution < -0.4 is 0 Å². The molecule has 19 heteroatoms. The average Bonchev–Trinajstić information content (AvgIpc) is 1.23. The van der Waals surface area contributed by atoms with Crippen molar-refractivity contribution in [2.75, 3.05) is 39.6 Å². The van der Waals surface area contributed by atoms with Crippen LogP contribution in [0.2, 0.25) is 0 Å². The van der Waals surface area contributed by atoms with Gasteiger partial charge in [0.1, 0.15) is 19.3 Å². The summed E-state index contributed by atoms with van der Waals surface area (Å²) in [6.45, 7) is 4.63. The Kier molecular flexibility index (Phi) is 74.8. The first-order chi connectivity index (χ1) is 51.7. The molecule has 0 amide bonds. The van der Waals surface area contributed by atoms with Gasteiger partial charge in [0, 0.05) is 25.7 Å². The Bertz CT molecular complexity index is 2530. The van der Waals surface area contributed by atoms with E-state index in [1.165, 1.54) is 109 Å². The van der Waals surface area contributed by atoms with Crippen molar-refractivity contribution in [3.05, 3.63) is 134 Å². The van der Waals surface area contributed by atoms with Gasteiger partial charge in [0.05, 0.1) is 26.4 Å². The molecule has 2 unspecified atom stereocenters. The number of carbonyl (C=O) groups is 4. The minimum Gasteiger partial charge on any atom is -0.462 e. The van der Waals surface area contributed by atoms with Crippen LogP contribution in [0.15, 0.2) is 134 Å². The van der Waals surface area contributed by atoms with Crippen molar-refractivity contribution in [2.24, 2.45) is 0 Å². The Morgan fingerprint density at radius 1 is 0.274 bits per heavy atom. The van der Waals surface area contributed by atoms with Crippen molar-refractivity contribution >= 4 is 39.5 Å². The van der Waals surface area contributed by atoms with Gasteiger partial charge in [0.15, 0.2) is 12.2 Å². The van der Waals surface area contributed by atoms with E-state index in [1.54, 1.807) is 0 Å². The van der Waals surface area contributed by atoms with E-state index < -0.39 is 97.5 Å². The summed E-state index contributed by atoms with van der Waals surface area (Å²) in [5.41, 5.74) is 0. The number of phosphoric ester groups is 2. The van der Waals surface area contributed by atoms with Crippen LogP contribution in [0.1, 0.15) is 336 Å². The summed E-state index contributed by atoms with van der Waals surface area (Å²) in [6, 6.07) is 0. The molecule has 0 heterocycles. The van der Waals surface area contributed by atoms with Crippen LogP contribution in [0.3, 0.4) is 0 Å². The van der Waals surface area contributed by atoms with Crippen molar-refractivity contribution in [3.63, 3.8) is 0 Å². The summed E-state index contributed by atoms with van der Waals surface area (Å²) in [5.74, 6) is -2.31. The Hall–Kier alpha value is -4.80. The van der Waals surface area contributed by atoms with E-state index in [0.29, 0.717) is 32.1 Å². The van der Waals surface area contributed by atoms with Gasteiger partial charge >= 0.3 is 39.5 Å². The Balaban J connectivity index is 5.47. The number of allylic oxidation sites excluding steroid dienone is 22. The van der Waals surface area contributed by atoms with E-state index in [1.807, 2.05) is 18.2 Å². The molecule has 0 saturated heterocycles. The predicted octanol–water partition coefficient (Wildman–Crippen LogP) is 24.4. The maximum atomic E-state index is 13.1. The van der Waals surface area contributed by atoms with E-state index in [4.69, 9.17) is 37.0 Å². The summed E-state index contributed by atoms with van der Waals surface area (Å²) >= 11 is 0. The molecule has 106 heavy (non-hydrogen) atoms. The van der Waals surface area contributed by atoms with Crippen molar-refractivity contribution in [1.29, 1.82) is 0 Å². The zero-order chi connectivity index (χ0) is 77.4. The SMILES string of the molecule is CC/C=C\C/C=C\C/C=C\C/C=C\C/C=C\CCCCCC(=O)O[C@H](COC(=O)CC/C=C\C/C=C\C/C=C\C/C=C\C/C=C\CCCCC)COP(=O)(O)OC[C@@H](O)COP(=O)(O)OC[C@@H](COC(=O)CCCCCCC/C=C\CCCCCCCC)OC(=O)CCCCCCCCCCCCCCC. The quantitative estimate of drug-likeness (QED) is 0.0169. The average molecular weight is 1530 g/mol. The monoisotopic (exact) mass is 1530 g/mol. The second-order valence-corrected chi connectivity index (χ2v) is 30.2. The van der Waals surface area contributed by atoms with Crippen molar-refractivity contribution in [1.82, 2.24) is 0 Å². The van der Waals surface area contributed by atoms with Crippen molar-refractivity contribution in [3.8, 4) is 0 Å². The van der Waals surface area contributed by atoms with Crippen LogP contribution in [0, 0.1) is 0 Å². The summed E-state index contributed by atoms with van der Waals surface area (Å²) in [4.78, 5) is 73.1. The molecular formula is C87H148O17P2. The van der Waals surface area contributed by atoms with Crippen LogP contribution in [0.4, 0.5) is 0 Å². The standard InChI is InChI=1S/C87H148O17P2/c1-5-9-13-17-21-25-29-33-36-38-40-42-45-49-52-56-60-64-68-72-85(90)98-78-83(104-87(92)74-70-66-62-58-54-50-46-43-41-39-37-34-30-26-22-18-14-10-6-2)80-102-106(95,96)100-76-81(88)75-99-105(93,94)101-79-82(103-86(91)73-69-65-61-57-53-47-32-28-24-20-16-12-8-4)77-97-84(89)71-67-63-59-55-51-48-44-35-31-27-23-19-15-11-7-3/h10,14,21-22,25-26,33-37,40-44,49-50,52,54,60,64,81-83,88H,5-9,11-13,15-20,23-24,27-32,38-39,45-48,51,53,55-59,61-63,65-80H2,1-4H3,(H,93,94)(H,95,96)/b14-10-,25-21-,26-22-,36-33-,37-34-,42-40-,43-41-,44-35-,52-49-,54-50-,64-60-/t81-,82+,83+/m0/s1. The zero-order valence-corrected chi connectivity index (χ0v) is 68.4. The van der Waals surface area contributed by atoms with Gasteiger partial charge in [0.25, 0.3) is 0 Å². The highest BCUT2D eigenvalue weighted by molar-refractivity contribution is 7.47. The third-order valence-corrected chi connectivity index (χ3v) is 19.0. The lowest BCUT2D eigenvalue weighted by molar-refractivity contribution is -0.161. The maximum absolute atomic E-state index is 13.1. The van der Waals surface area contributed by atoms with Gasteiger partial charge in [-0.25, -0.2) is 9.13 Å². The lowest BCUT2D eigenvalue weighted by atomic mass is 10.0. The lowest BCUT2D eigenvalue weighted by Crippen LogP contribution is -2.30. The minimum absolute atomic E-state index is 0.0271. The van der Waals surface area contributed by atoms with Gasteiger partial charge in [-0.3, -0.25) is 37.3 Å². The fourth-order valence-corrected chi connectivity index (χ4v) is 12.4. The molecule has 0 fully saturated rings. The highest BCUT2D eigenvalue weighted by atomic mass is 31.2. The highest BCUT2D eigenvalue weighted by Crippen LogP contribution is 2.45. The topological polar surface area (TPSA) is 237 Å². The number of hydrogen-bond donors (Lipinski definition) is 3. The van der Waals surface area contributed by atoms with E-state index in [0.717, 1.165) is 141 Å². The van der Waals surface area contributed by atoms with Crippen molar-refractivity contribution < 1.29 is 80.2 Å². The lowest BCUT2D eigenvalue weighted by Gasteiger charge is -2.21. The van der Waals surface area contributed by atoms with E-state index in [-0.39, 0.29) is 25.7 Å². The molecule has 608 valence electrons. The molecule has 0 aliphatic heterocycles. The molecule has 0 aliphatic rings. The number of ether oxygens (including phenoxy) is 4. The Labute approximate surface area is 644 Å². The summed E-state index contributed by atoms with van der Waals surface area (Å²) in [7, 11) is -9.99. The molecule has 0 aromatic carbocycles. The van der Waals surface area contributed by atoms with Crippen LogP contribution in [-0.2, 0) is 65.4 Å². The summed E-state index contributed by atoms with van der Waals surface area (Å²) < 4.78 is 68.6. The van der Waals surface area contributed by atoms with Crippen LogP contribution in [-0.4, -0.2) is 96.7 Å². The summed E-state index contributed by atoms with van der Waals surface area (Å²) in [5, 5.41) is 10.7. The molecule has 0 aromatic rings. The number of rotatable bonds is 77. The number of esters is 4. The predicted molar refractivity (Wildman–Crippen MR) is 436 cm³/mol. The Morgan fingerprint density at radius 3 is 0.849 bits per heavy atom.